The average molecular weight is 133 g/mol. The average Bonchev–Trinajstić information content (AvgIpc) is 1.68. The van der Waals surface area contributed by atoms with Crippen molar-refractivity contribution in [3.05, 3.63) is 12.7 Å². The molecule has 0 rings (SSSR count). The maximum absolute atomic E-state index is 8.44. The predicted octanol–water partition coefficient (Wildman–Crippen LogP) is 0.413. The molecule has 1 N–H and O–H groups in total. The molecule has 0 heterocycles. The van der Waals surface area contributed by atoms with Crippen molar-refractivity contribution in [2.24, 2.45) is 0 Å². The second-order valence-corrected chi connectivity index (χ2v) is 3.97. The van der Waals surface area contributed by atoms with Crippen molar-refractivity contribution >= 4 is 10.9 Å². The van der Waals surface area contributed by atoms with Gasteiger partial charge in [-0.3, -0.25) is 0 Å². The summed E-state index contributed by atoms with van der Waals surface area (Å²) in [5, 5.41) is 8.44. The molecule has 2 heteroatoms. The molecule has 0 aromatic rings. The van der Waals surface area contributed by atoms with Crippen LogP contribution in [-0.4, -0.2) is 29.5 Å². The second-order valence-electron chi connectivity index (χ2n) is 1.66. The van der Waals surface area contributed by atoms with Gasteiger partial charge in [-0.15, -0.1) is 0 Å². The van der Waals surface area contributed by atoms with Gasteiger partial charge < -0.3 is 5.11 Å². The van der Waals surface area contributed by atoms with E-state index < -0.39 is 0 Å². The van der Waals surface area contributed by atoms with Crippen molar-refractivity contribution in [1.82, 2.24) is 0 Å². The van der Waals surface area contributed by atoms with Crippen molar-refractivity contribution in [1.29, 1.82) is 0 Å². The number of aliphatic hydroxyl groups is 1. The number of hydrogen-bond donors (Lipinski definition) is 1. The third-order valence-electron chi connectivity index (χ3n) is 0.842. The molecule has 48 valence electrons. The van der Waals surface area contributed by atoms with Gasteiger partial charge in [0.2, 0.25) is 0 Å². The van der Waals surface area contributed by atoms with Gasteiger partial charge in [0.15, 0.2) is 0 Å². The minimum atomic E-state index is 0.313. The van der Waals surface area contributed by atoms with E-state index in [0.29, 0.717) is 17.5 Å². The minimum Gasteiger partial charge on any atom is -0.391 e. The van der Waals surface area contributed by atoms with E-state index in [9.17, 15) is 0 Å². The van der Waals surface area contributed by atoms with E-state index in [1.807, 2.05) is 6.08 Å². The van der Waals surface area contributed by atoms with Gasteiger partial charge in [-0.2, -0.15) is 0 Å². The van der Waals surface area contributed by atoms with Crippen LogP contribution in [-0.2, 0) is 10.9 Å². The lowest BCUT2D eigenvalue weighted by atomic mass is 10.8. The van der Waals surface area contributed by atoms with Crippen molar-refractivity contribution in [3.63, 3.8) is 0 Å². The summed E-state index contributed by atoms with van der Waals surface area (Å²) >= 11 is 0. The first-order chi connectivity index (χ1) is 3.81. The van der Waals surface area contributed by atoms with Crippen LogP contribution in [0.15, 0.2) is 12.7 Å². The summed E-state index contributed by atoms with van der Waals surface area (Å²) in [6.07, 6.45) is 4.04. The van der Waals surface area contributed by atoms with Crippen LogP contribution < -0.4 is 0 Å². The maximum atomic E-state index is 8.44. The molecule has 1 atom stereocenters. The molecular weight excluding hydrogens is 120 g/mol. The summed E-state index contributed by atoms with van der Waals surface area (Å²) < 4.78 is 0. The molecule has 0 aliphatic rings. The van der Waals surface area contributed by atoms with Gasteiger partial charge in [0.05, 0.1) is 12.9 Å². The highest BCUT2D eigenvalue weighted by atomic mass is 32.2. The quantitative estimate of drug-likeness (QED) is 0.435. The van der Waals surface area contributed by atoms with E-state index in [1.54, 1.807) is 0 Å². The molecule has 0 aromatic heterocycles. The van der Waals surface area contributed by atoms with Gasteiger partial charge in [-0.1, -0.05) is 6.58 Å². The zero-order chi connectivity index (χ0) is 6.41. The topological polar surface area (TPSA) is 20.2 Å². The van der Waals surface area contributed by atoms with Crippen LogP contribution in [0.3, 0.4) is 0 Å². The highest BCUT2D eigenvalue weighted by Crippen LogP contribution is 1.88. The lowest BCUT2D eigenvalue weighted by Crippen LogP contribution is -2.10. The fraction of sp³-hybridized carbons (Fsp3) is 0.667. The summed E-state index contributed by atoms with van der Waals surface area (Å²) in [5.41, 5.74) is 0. The van der Waals surface area contributed by atoms with Gasteiger partial charge in [0, 0.05) is 0 Å². The van der Waals surface area contributed by atoms with Crippen molar-refractivity contribution < 1.29 is 5.11 Å². The maximum Gasteiger partial charge on any atom is 0.131 e. The summed E-state index contributed by atoms with van der Waals surface area (Å²) in [4.78, 5) is 0. The Kier molecular flexibility index (Phi) is 5.22. The molecule has 0 bridgehead atoms. The molecule has 8 heavy (non-hydrogen) atoms. The van der Waals surface area contributed by atoms with E-state index in [4.69, 9.17) is 5.11 Å². The van der Waals surface area contributed by atoms with Crippen molar-refractivity contribution in [3.8, 4) is 0 Å². The first kappa shape index (κ1) is 8.05. The molecule has 0 aliphatic heterocycles. The van der Waals surface area contributed by atoms with Crippen LogP contribution in [0.2, 0.25) is 0 Å². The predicted molar refractivity (Wildman–Crippen MR) is 40.3 cm³/mol. The summed E-state index contributed by atoms with van der Waals surface area (Å²) in [6, 6.07) is 0. The van der Waals surface area contributed by atoms with Gasteiger partial charge in [0.1, 0.15) is 11.5 Å². The number of aliphatic hydroxyl groups excluding tert-OH is 1. The minimum absolute atomic E-state index is 0.313. The largest absolute Gasteiger partial charge is 0.391 e. The van der Waals surface area contributed by atoms with Crippen molar-refractivity contribution in [2.75, 3.05) is 24.4 Å². The molecule has 0 spiro atoms. The summed E-state index contributed by atoms with van der Waals surface area (Å²) in [6.45, 7) is 3.92. The Morgan fingerprint density at radius 1 is 1.75 bits per heavy atom. The van der Waals surface area contributed by atoms with Crippen molar-refractivity contribution in [2.45, 2.75) is 0 Å². The van der Waals surface area contributed by atoms with Crippen LogP contribution in [0.5, 0.6) is 0 Å². The Hall–Kier alpha value is 0.0500. The first-order valence-corrected chi connectivity index (χ1v) is 4.59. The lowest BCUT2D eigenvalue weighted by molar-refractivity contribution is 0.322. The SMILES string of the molecule is C=CC[S+](C)CCO. The first-order valence-electron chi connectivity index (χ1n) is 2.62. The normalized spacial score (nSPS) is 13.2. The van der Waals surface area contributed by atoms with E-state index in [2.05, 4.69) is 12.8 Å². The van der Waals surface area contributed by atoms with E-state index in [0.717, 1.165) is 11.5 Å². The third-order valence-corrected chi connectivity index (χ3v) is 2.53. The van der Waals surface area contributed by atoms with Crippen LogP contribution in [0.4, 0.5) is 0 Å². The van der Waals surface area contributed by atoms with Gasteiger partial charge in [-0.25, -0.2) is 0 Å². The molecular formula is C6H13OS+. The molecule has 0 radical (unpaired) electrons. The Morgan fingerprint density at radius 2 is 2.38 bits per heavy atom. The zero-order valence-corrected chi connectivity index (χ0v) is 6.08. The summed E-state index contributed by atoms with van der Waals surface area (Å²) in [7, 11) is 0.362. The lowest BCUT2D eigenvalue weighted by Gasteiger charge is -1.94. The zero-order valence-electron chi connectivity index (χ0n) is 5.26. The van der Waals surface area contributed by atoms with Crippen LogP contribution >= 0.6 is 0 Å². The Morgan fingerprint density at radius 3 is 2.75 bits per heavy atom. The third kappa shape index (κ3) is 4.22. The smallest absolute Gasteiger partial charge is 0.131 e. The molecule has 0 amide bonds. The molecule has 0 fully saturated rings. The molecule has 1 nitrogen and oxygen atoms in total. The van der Waals surface area contributed by atoms with E-state index >= 15 is 0 Å². The highest BCUT2D eigenvalue weighted by molar-refractivity contribution is 7.96. The van der Waals surface area contributed by atoms with Crippen LogP contribution in [0, 0.1) is 0 Å². The fourth-order valence-corrected chi connectivity index (χ4v) is 1.32. The number of rotatable bonds is 4. The highest BCUT2D eigenvalue weighted by Gasteiger charge is 2.04. The second kappa shape index (κ2) is 5.19. The molecule has 0 aromatic carbocycles. The van der Waals surface area contributed by atoms with Crippen LogP contribution in [0.25, 0.3) is 0 Å². The molecule has 0 aliphatic carbocycles. The Bertz CT molecular complexity index is 63.5. The van der Waals surface area contributed by atoms with Gasteiger partial charge in [-0.05, 0) is 17.0 Å². The van der Waals surface area contributed by atoms with Gasteiger partial charge >= 0.3 is 0 Å². The fourth-order valence-electron chi connectivity index (χ4n) is 0.440. The standard InChI is InChI=1S/C6H13OS/c1-3-5-8(2)6-4-7/h3,7H,1,4-6H2,2H3/q+1. The molecule has 0 saturated carbocycles. The van der Waals surface area contributed by atoms with Gasteiger partial charge in [0.25, 0.3) is 0 Å². The number of hydrogen-bond acceptors (Lipinski definition) is 1. The van der Waals surface area contributed by atoms with E-state index in [-0.39, 0.29) is 0 Å². The van der Waals surface area contributed by atoms with E-state index in [1.165, 1.54) is 0 Å². The van der Waals surface area contributed by atoms with Crippen LogP contribution in [0.1, 0.15) is 0 Å². The Balaban J connectivity index is 3.03. The monoisotopic (exact) mass is 133 g/mol. The molecule has 0 saturated heterocycles. The Labute approximate surface area is 53.8 Å². The molecule has 1 unspecified atom stereocenters. The summed E-state index contributed by atoms with van der Waals surface area (Å²) in [5.74, 6) is 1.96.